The fourth-order valence-corrected chi connectivity index (χ4v) is 3.03. The first kappa shape index (κ1) is 17.6. The van der Waals surface area contributed by atoms with Gasteiger partial charge in [0, 0.05) is 13.2 Å². The Morgan fingerprint density at radius 3 is 2.71 bits per heavy atom. The monoisotopic (exact) mass is 373 g/mol. The lowest BCUT2D eigenvalue weighted by molar-refractivity contribution is 0.302. The molecule has 0 aliphatic rings. The lowest BCUT2D eigenvalue weighted by Crippen LogP contribution is -2.27. The van der Waals surface area contributed by atoms with Crippen LogP contribution in [0.1, 0.15) is 11.3 Å². The predicted molar refractivity (Wildman–Crippen MR) is 107 cm³/mol. The lowest BCUT2D eigenvalue weighted by atomic mass is 10.1. The fourth-order valence-electron chi connectivity index (χ4n) is 3.03. The zero-order valence-corrected chi connectivity index (χ0v) is 15.3. The standard InChI is InChI=1S/C22H19N3O3/c1-25(15-19-8-5-13-27-19)21(24-26)20-9-4-12-23-22(20)28-18-11-10-16-6-2-3-7-17(16)14-18/h2-14,26H,15H2,1H3/b24-21-. The van der Waals surface area contributed by atoms with Crippen LogP contribution in [-0.2, 0) is 6.54 Å². The molecule has 0 radical (unpaired) electrons. The molecular formula is C22H19N3O3. The molecule has 28 heavy (non-hydrogen) atoms. The van der Waals surface area contributed by atoms with Gasteiger partial charge in [0.1, 0.15) is 11.5 Å². The van der Waals surface area contributed by atoms with Crippen LogP contribution in [0, 0.1) is 0 Å². The Morgan fingerprint density at radius 2 is 1.93 bits per heavy atom. The molecule has 1 N–H and O–H groups in total. The summed E-state index contributed by atoms with van der Waals surface area (Å²) in [6.45, 7) is 0.441. The van der Waals surface area contributed by atoms with E-state index in [1.165, 1.54) is 0 Å². The molecule has 6 heteroatoms. The predicted octanol–water partition coefficient (Wildman–Crippen LogP) is 4.89. The third kappa shape index (κ3) is 3.66. The Balaban J connectivity index is 1.63. The van der Waals surface area contributed by atoms with Crippen molar-refractivity contribution in [2.24, 2.45) is 5.16 Å². The number of aromatic nitrogens is 1. The van der Waals surface area contributed by atoms with Crippen molar-refractivity contribution in [3.63, 3.8) is 0 Å². The number of hydrogen-bond acceptors (Lipinski definition) is 5. The molecule has 0 fully saturated rings. The maximum absolute atomic E-state index is 9.64. The van der Waals surface area contributed by atoms with Crippen LogP contribution in [0.2, 0.25) is 0 Å². The first-order valence-corrected chi connectivity index (χ1v) is 8.82. The van der Waals surface area contributed by atoms with Crippen LogP contribution in [0.4, 0.5) is 0 Å². The number of ether oxygens (including phenoxy) is 1. The van der Waals surface area contributed by atoms with E-state index in [1.807, 2.05) is 61.6 Å². The highest BCUT2D eigenvalue weighted by Crippen LogP contribution is 2.27. The van der Waals surface area contributed by atoms with E-state index in [0.29, 0.717) is 29.6 Å². The van der Waals surface area contributed by atoms with Gasteiger partial charge in [-0.1, -0.05) is 35.5 Å². The second-order valence-electron chi connectivity index (χ2n) is 6.33. The quantitative estimate of drug-likeness (QED) is 0.233. The maximum atomic E-state index is 9.64. The van der Waals surface area contributed by atoms with Crippen molar-refractivity contribution < 1.29 is 14.4 Å². The largest absolute Gasteiger partial charge is 0.467 e. The second-order valence-corrected chi connectivity index (χ2v) is 6.33. The van der Waals surface area contributed by atoms with Crippen molar-refractivity contribution in [2.75, 3.05) is 7.05 Å². The van der Waals surface area contributed by atoms with Crippen molar-refractivity contribution in [2.45, 2.75) is 6.54 Å². The number of nitrogens with zero attached hydrogens (tertiary/aromatic N) is 3. The molecular weight excluding hydrogens is 354 g/mol. The molecule has 0 aliphatic heterocycles. The number of pyridine rings is 1. The zero-order chi connectivity index (χ0) is 19.3. The van der Waals surface area contributed by atoms with Crippen molar-refractivity contribution >= 4 is 16.6 Å². The van der Waals surface area contributed by atoms with Gasteiger partial charge >= 0.3 is 0 Å². The SMILES string of the molecule is CN(Cc1ccco1)/C(=N\O)c1cccnc1Oc1ccc2ccccc2c1. The number of oxime groups is 1. The smallest absolute Gasteiger partial charge is 0.230 e. The minimum Gasteiger partial charge on any atom is -0.467 e. The average molecular weight is 373 g/mol. The number of fused-ring (bicyclic) bond motifs is 1. The van der Waals surface area contributed by atoms with E-state index in [0.717, 1.165) is 16.5 Å². The van der Waals surface area contributed by atoms with Crippen LogP contribution < -0.4 is 4.74 Å². The van der Waals surface area contributed by atoms with Gasteiger partial charge in [0.2, 0.25) is 5.88 Å². The van der Waals surface area contributed by atoms with Crippen LogP contribution in [0.25, 0.3) is 10.8 Å². The Hall–Kier alpha value is -3.80. The zero-order valence-electron chi connectivity index (χ0n) is 15.3. The highest BCUT2D eigenvalue weighted by atomic mass is 16.5. The van der Waals surface area contributed by atoms with Crippen molar-refractivity contribution in [3.05, 3.63) is 90.5 Å². The Kier molecular flexibility index (Phi) is 4.93. The average Bonchev–Trinajstić information content (AvgIpc) is 3.23. The Labute approximate surface area is 162 Å². The fraction of sp³-hybridized carbons (Fsp3) is 0.0909. The van der Waals surface area contributed by atoms with E-state index < -0.39 is 0 Å². The summed E-state index contributed by atoms with van der Waals surface area (Å²) in [5.41, 5.74) is 0.576. The maximum Gasteiger partial charge on any atom is 0.230 e. The summed E-state index contributed by atoms with van der Waals surface area (Å²) in [6, 6.07) is 21.2. The summed E-state index contributed by atoms with van der Waals surface area (Å²) in [4.78, 5) is 6.11. The van der Waals surface area contributed by atoms with Gasteiger partial charge in [-0.25, -0.2) is 4.98 Å². The summed E-state index contributed by atoms with van der Waals surface area (Å²) >= 11 is 0. The van der Waals surface area contributed by atoms with Crippen LogP contribution in [-0.4, -0.2) is 28.0 Å². The molecule has 4 aromatic rings. The molecule has 0 aliphatic carbocycles. The first-order chi connectivity index (χ1) is 13.7. The van der Waals surface area contributed by atoms with Crippen LogP contribution >= 0.6 is 0 Å². The van der Waals surface area contributed by atoms with Gasteiger partial charge in [0.05, 0.1) is 18.4 Å². The summed E-state index contributed by atoms with van der Waals surface area (Å²) in [6.07, 6.45) is 3.25. The molecule has 2 aromatic heterocycles. The second kappa shape index (κ2) is 7.84. The van der Waals surface area contributed by atoms with E-state index in [-0.39, 0.29) is 0 Å². The van der Waals surface area contributed by atoms with Gasteiger partial charge in [0.25, 0.3) is 0 Å². The van der Waals surface area contributed by atoms with Crippen molar-refractivity contribution in [1.29, 1.82) is 0 Å². The van der Waals surface area contributed by atoms with E-state index in [1.54, 1.807) is 29.5 Å². The van der Waals surface area contributed by atoms with Crippen LogP contribution in [0.5, 0.6) is 11.6 Å². The normalized spacial score (nSPS) is 11.5. The minimum absolute atomic E-state index is 0.334. The van der Waals surface area contributed by atoms with Gasteiger partial charge in [-0.3, -0.25) is 0 Å². The van der Waals surface area contributed by atoms with Gasteiger partial charge in [0.15, 0.2) is 5.84 Å². The van der Waals surface area contributed by atoms with Crippen LogP contribution in [0.15, 0.2) is 88.8 Å². The lowest BCUT2D eigenvalue weighted by Gasteiger charge is -2.20. The molecule has 0 spiro atoms. The highest BCUT2D eigenvalue weighted by molar-refractivity contribution is 6.00. The van der Waals surface area contributed by atoms with E-state index >= 15 is 0 Å². The minimum atomic E-state index is 0.334. The van der Waals surface area contributed by atoms with E-state index in [4.69, 9.17) is 9.15 Å². The third-order valence-electron chi connectivity index (χ3n) is 4.38. The number of amidine groups is 1. The van der Waals surface area contributed by atoms with Gasteiger partial charge in [-0.15, -0.1) is 0 Å². The molecule has 0 saturated carbocycles. The van der Waals surface area contributed by atoms with Crippen LogP contribution in [0.3, 0.4) is 0 Å². The molecule has 0 unspecified atom stereocenters. The molecule has 0 amide bonds. The highest BCUT2D eigenvalue weighted by Gasteiger charge is 2.18. The Morgan fingerprint density at radius 1 is 1.07 bits per heavy atom. The summed E-state index contributed by atoms with van der Waals surface area (Å²) in [7, 11) is 1.81. The van der Waals surface area contributed by atoms with Gasteiger partial charge < -0.3 is 19.3 Å². The molecule has 0 saturated heterocycles. The number of benzene rings is 2. The molecule has 0 atom stereocenters. The molecule has 140 valence electrons. The van der Waals surface area contributed by atoms with Crippen molar-refractivity contribution in [1.82, 2.24) is 9.88 Å². The molecule has 2 heterocycles. The molecule has 6 nitrogen and oxygen atoms in total. The van der Waals surface area contributed by atoms with Gasteiger partial charge in [-0.2, -0.15) is 0 Å². The number of rotatable bonds is 5. The Bertz CT molecular complexity index is 1110. The molecule has 2 aromatic carbocycles. The summed E-state index contributed by atoms with van der Waals surface area (Å²) in [5.74, 6) is 2.10. The molecule has 0 bridgehead atoms. The van der Waals surface area contributed by atoms with E-state index in [2.05, 4.69) is 10.1 Å². The third-order valence-corrected chi connectivity index (χ3v) is 4.38. The first-order valence-electron chi connectivity index (χ1n) is 8.82. The topological polar surface area (TPSA) is 71.1 Å². The van der Waals surface area contributed by atoms with E-state index in [9.17, 15) is 5.21 Å². The summed E-state index contributed by atoms with van der Waals surface area (Å²) < 4.78 is 11.4. The molecule has 4 rings (SSSR count). The number of furan rings is 1. The summed E-state index contributed by atoms with van der Waals surface area (Å²) in [5, 5.41) is 15.3. The van der Waals surface area contributed by atoms with Crippen molar-refractivity contribution in [3.8, 4) is 11.6 Å². The van der Waals surface area contributed by atoms with Gasteiger partial charge in [-0.05, 0) is 47.2 Å². The number of hydrogen-bond donors (Lipinski definition) is 1.